The number of hydrogen-bond acceptors (Lipinski definition) is 4. The van der Waals surface area contributed by atoms with E-state index in [2.05, 4.69) is 65.7 Å². The third-order valence-corrected chi connectivity index (χ3v) is 5.78. The minimum absolute atomic E-state index is 0.103. The molecule has 6 heteroatoms. The van der Waals surface area contributed by atoms with Gasteiger partial charge in [-0.2, -0.15) is 0 Å². The van der Waals surface area contributed by atoms with E-state index in [4.69, 9.17) is 4.74 Å². The molecule has 1 aromatic rings. The number of morpholine rings is 1. The molecule has 0 amide bonds. The average Bonchev–Trinajstić information content (AvgIpc) is 3.08. The molecule has 0 aliphatic carbocycles. The van der Waals surface area contributed by atoms with Crippen LogP contribution in [-0.4, -0.2) is 62.8 Å². The molecule has 1 fully saturated rings. The van der Waals surface area contributed by atoms with Crippen LogP contribution in [0.5, 0.6) is 0 Å². The van der Waals surface area contributed by atoms with Gasteiger partial charge in [-0.1, -0.05) is 19.9 Å². The highest BCUT2D eigenvalue weighted by Gasteiger charge is 2.22. The van der Waals surface area contributed by atoms with Crippen LogP contribution in [0.2, 0.25) is 0 Å². The number of hydrogen-bond donors (Lipinski definition) is 2. The van der Waals surface area contributed by atoms with Crippen molar-refractivity contribution in [2.45, 2.75) is 51.7 Å². The van der Waals surface area contributed by atoms with Crippen LogP contribution in [0.25, 0.3) is 0 Å². The van der Waals surface area contributed by atoms with Gasteiger partial charge in [0.05, 0.1) is 12.2 Å². The molecule has 5 nitrogen and oxygen atoms in total. The number of rotatable bonds is 7. The van der Waals surface area contributed by atoms with E-state index >= 15 is 0 Å². The lowest BCUT2D eigenvalue weighted by Crippen LogP contribution is -2.47. The van der Waals surface area contributed by atoms with Crippen LogP contribution in [0.1, 0.15) is 39.0 Å². The fourth-order valence-corrected chi connectivity index (χ4v) is 4.10. The summed E-state index contributed by atoms with van der Waals surface area (Å²) in [7, 11) is 1.83. The second-order valence-corrected chi connectivity index (χ2v) is 8.53. The van der Waals surface area contributed by atoms with Crippen molar-refractivity contribution in [2.75, 3.05) is 39.8 Å². The zero-order chi connectivity index (χ0) is 18.3. The Morgan fingerprint density at radius 1 is 1.32 bits per heavy atom. The lowest BCUT2D eigenvalue weighted by Gasteiger charge is -2.35. The van der Waals surface area contributed by atoms with Crippen LogP contribution in [0.3, 0.4) is 0 Å². The maximum absolute atomic E-state index is 5.79. The highest BCUT2D eigenvalue weighted by Crippen LogP contribution is 2.26. The molecule has 0 spiro atoms. The number of aliphatic imine (C=N–C) groups is 1. The quantitative estimate of drug-likeness (QED) is 0.443. The van der Waals surface area contributed by atoms with Gasteiger partial charge >= 0.3 is 0 Å². The molecule has 0 radical (unpaired) electrons. The lowest BCUT2D eigenvalue weighted by atomic mass is 9.91. The van der Waals surface area contributed by atoms with Gasteiger partial charge in [-0.15, -0.1) is 11.3 Å². The minimum atomic E-state index is 0.103. The van der Waals surface area contributed by atoms with Gasteiger partial charge in [-0.05, 0) is 31.7 Å². The monoisotopic (exact) mass is 366 g/mol. The molecule has 2 unspecified atom stereocenters. The number of nitrogens with one attached hydrogen (secondary N) is 2. The predicted octanol–water partition coefficient (Wildman–Crippen LogP) is 2.69. The summed E-state index contributed by atoms with van der Waals surface area (Å²) in [5.74, 6) is 0.883. The Kier molecular flexibility index (Phi) is 7.72. The average molecular weight is 367 g/mol. The first-order valence-electron chi connectivity index (χ1n) is 9.27. The van der Waals surface area contributed by atoms with E-state index in [1.807, 2.05) is 18.4 Å². The van der Waals surface area contributed by atoms with Crippen molar-refractivity contribution in [1.29, 1.82) is 0 Å². The molecule has 1 aromatic heterocycles. The molecule has 2 atom stereocenters. The number of nitrogens with zero attached hydrogens (tertiary/aromatic N) is 2. The van der Waals surface area contributed by atoms with Crippen molar-refractivity contribution in [3.05, 3.63) is 22.4 Å². The van der Waals surface area contributed by atoms with Crippen molar-refractivity contribution in [2.24, 2.45) is 4.99 Å². The van der Waals surface area contributed by atoms with E-state index in [0.29, 0.717) is 12.2 Å². The summed E-state index contributed by atoms with van der Waals surface area (Å²) >= 11 is 1.81. The summed E-state index contributed by atoms with van der Waals surface area (Å²) in [5.41, 5.74) is 0.103. The number of guanidine groups is 1. The molecular formula is C19H34N4OS. The van der Waals surface area contributed by atoms with E-state index in [-0.39, 0.29) is 5.41 Å². The van der Waals surface area contributed by atoms with Crippen LogP contribution in [0, 0.1) is 0 Å². The van der Waals surface area contributed by atoms with E-state index in [1.54, 1.807) is 0 Å². The van der Waals surface area contributed by atoms with E-state index in [1.165, 1.54) is 4.88 Å². The Morgan fingerprint density at radius 2 is 2.04 bits per heavy atom. The van der Waals surface area contributed by atoms with Gasteiger partial charge in [0.2, 0.25) is 0 Å². The van der Waals surface area contributed by atoms with Crippen LogP contribution < -0.4 is 10.6 Å². The Hall–Kier alpha value is -1.11. The van der Waals surface area contributed by atoms with E-state index in [0.717, 1.165) is 45.1 Å². The predicted molar refractivity (Wildman–Crippen MR) is 108 cm³/mol. The van der Waals surface area contributed by atoms with Crippen LogP contribution in [0.15, 0.2) is 22.5 Å². The van der Waals surface area contributed by atoms with Gasteiger partial charge in [0.15, 0.2) is 5.96 Å². The molecule has 0 saturated carbocycles. The van der Waals surface area contributed by atoms with E-state index < -0.39 is 0 Å². The standard InChI is InChI=1S/C19H34N4OS/c1-15-12-23(13-16(2)24-15)10-7-9-21-18(20-5)22-14-19(3,4)17-8-6-11-25-17/h6,8,11,15-16H,7,9-10,12-14H2,1-5H3,(H2,20,21,22). The number of thiophene rings is 1. The minimum Gasteiger partial charge on any atom is -0.373 e. The zero-order valence-corrected chi connectivity index (χ0v) is 17.2. The fraction of sp³-hybridized carbons (Fsp3) is 0.737. The van der Waals surface area contributed by atoms with E-state index in [9.17, 15) is 0 Å². The topological polar surface area (TPSA) is 48.9 Å². The molecule has 2 N–H and O–H groups in total. The summed E-state index contributed by atoms with van der Waals surface area (Å²) in [6.45, 7) is 13.8. The van der Waals surface area contributed by atoms with Crippen LogP contribution in [0.4, 0.5) is 0 Å². The Bertz CT molecular complexity index is 520. The molecular weight excluding hydrogens is 332 g/mol. The SMILES string of the molecule is CN=C(NCCCN1CC(C)OC(C)C1)NCC(C)(C)c1cccs1. The third-order valence-electron chi connectivity index (χ3n) is 4.55. The first-order valence-corrected chi connectivity index (χ1v) is 10.1. The second kappa shape index (κ2) is 9.55. The van der Waals surface area contributed by atoms with Gasteiger partial charge in [0, 0.05) is 50.1 Å². The molecule has 2 rings (SSSR count). The van der Waals surface area contributed by atoms with Gasteiger partial charge < -0.3 is 15.4 Å². The van der Waals surface area contributed by atoms with Crippen molar-refractivity contribution in [1.82, 2.24) is 15.5 Å². The molecule has 0 aromatic carbocycles. The Morgan fingerprint density at radius 3 is 2.64 bits per heavy atom. The number of ether oxygens (including phenoxy) is 1. The van der Waals surface area contributed by atoms with Crippen molar-refractivity contribution < 1.29 is 4.74 Å². The largest absolute Gasteiger partial charge is 0.373 e. The molecule has 25 heavy (non-hydrogen) atoms. The molecule has 0 bridgehead atoms. The maximum Gasteiger partial charge on any atom is 0.191 e. The summed E-state index contributed by atoms with van der Waals surface area (Å²) in [6, 6.07) is 4.31. The van der Waals surface area contributed by atoms with Gasteiger partial charge in [0.1, 0.15) is 0 Å². The molecule has 1 aliphatic rings. The van der Waals surface area contributed by atoms with Crippen molar-refractivity contribution >= 4 is 17.3 Å². The molecule has 2 heterocycles. The van der Waals surface area contributed by atoms with Crippen LogP contribution in [-0.2, 0) is 10.2 Å². The Labute approximate surface area is 156 Å². The van der Waals surface area contributed by atoms with Crippen LogP contribution >= 0.6 is 11.3 Å². The lowest BCUT2D eigenvalue weighted by molar-refractivity contribution is -0.0679. The molecule has 1 aliphatic heterocycles. The van der Waals surface area contributed by atoms with Crippen molar-refractivity contribution in [3.8, 4) is 0 Å². The smallest absolute Gasteiger partial charge is 0.191 e. The fourth-order valence-electron chi connectivity index (χ4n) is 3.25. The van der Waals surface area contributed by atoms with Gasteiger partial charge in [-0.25, -0.2) is 0 Å². The highest BCUT2D eigenvalue weighted by atomic mass is 32.1. The normalized spacial score (nSPS) is 22.8. The summed E-state index contributed by atoms with van der Waals surface area (Å²) in [4.78, 5) is 8.24. The zero-order valence-electron chi connectivity index (χ0n) is 16.3. The Balaban J connectivity index is 1.67. The van der Waals surface area contributed by atoms with Gasteiger partial charge in [0.25, 0.3) is 0 Å². The summed E-state index contributed by atoms with van der Waals surface area (Å²) < 4.78 is 5.79. The summed E-state index contributed by atoms with van der Waals surface area (Å²) in [6.07, 6.45) is 1.78. The maximum atomic E-state index is 5.79. The first kappa shape index (κ1) is 20.2. The first-order chi connectivity index (χ1) is 11.9. The van der Waals surface area contributed by atoms with Gasteiger partial charge in [-0.3, -0.25) is 9.89 Å². The third kappa shape index (κ3) is 6.60. The highest BCUT2D eigenvalue weighted by molar-refractivity contribution is 7.10. The second-order valence-electron chi connectivity index (χ2n) is 7.58. The molecule has 142 valence electrons. The van der Waals surface area contributed by atoms with Crippen molar-refractivity contribution in [3.63, 3.8) is 0 Å². The summed E-state index contributed by atoms with van der Waals surface area (Å²) in [5, 5.41) is 9.03. The molecule has 1 saturated heterocycles.